The van der Waals surface area contributed by atoms with E-state index in [1.807, 2.05) is 9.80 Å². The SMILES string of the molecule is COCCNC(=O)N1CCC2(CC1)CC2C(=O)N1CCCC1. The fourth-order valence-electron chi connectivity index (χ4n) is 3.93. The highest BCUT2D eigenvalue weighted by Crippen LogP contribution is 2.60. The zero-order valence-electron chi connectivity index (χ0n) is 13.5. The number of hydrogen-bond acceptors (Lipinski definition) is 3. The molecular formula is C16H27N3O3. The number of hydrogen-bond donors (Lipinski definition) is 1. The second-order valence-electron chi connectivity index (χ2n) is 6.86. The first-order valence-corrected chi connectivity index (χ1v) is 8.47. The van der Waals surface area contributed by atoms with Crippen molar-refractivity contribution in [2.24, 2.45) is 11.3 Å². The molecule has 3 aliphatic rings. The maximum Gasteiger partial charge on any atom is 0.317 e. The summed E-state index contributed by atoms with van der Waals surface area (Å²) in [5.74, 6) is 0.597. The number of rotatable bonds is 4. The Kier molecular flexibility index (Phi) is 4.57. The summed E-state index contributed by atoms with van der Waals surface area (Å²) in [4.78, 5) is 28.4. The van der Waals surface area contributed by atoms with E-state index in [-0.39, 0.29) is 17.4 Å². The minimum absolute atomic E-state index is 0.00466. The molecule has 2 saturated heterocycles. The van der Waals surface area contributed by atoms with Crippen LogP contribution in [0.25, 0.3) is 0 Å². The molecule has 3 fully saturated rings. The third-order valence-electron chi connectivity index (χ3n) is 5.53. The van der Waals surface area contributed by atoms with Crippen LogP contribution in [0.4, 0.5) is 4.79 Å². The van der Waals surface area contributed by atoms with Crippen LogP contribution in [0.5, 0.6) is 0 Å². The highest BCUT2D eigenvalue weighted by molar-refractivity contribution is 5.83. The summed E-state index contributed by atoms with van der Waals surface area (Å²) in [6.07, 6.45) is 5.27. The number of amides is 3. The van der Waals surface area contributed by atoms with Crippen LogP contribution in [0.1, 0.15) is 32.1 Å². The van der Waals surface area contributed by atoms with Crippen molar-refractivity contribution in [1.82, 2.24) is 15.1 Å². The number of methoxy groups -OCH3 is 1. The minimum Gasteiger partial charge on any atom is -0.383 e. The second-order valence-corrected chi connectivity index (χ2v) is 6.86. The standard InChI is InChI=1S/C16H27N3O3/c1-22-11-6-17-15(21)19-9-4-16(5-10-19)12-13(16)14(20)18-7-2-3-8-18/h13H,2-12H2,1H3,(H,17,21). The maximum atomic E-state index is 12.5. The van der Waals surface area contributed by atoms with E-state index >= 15 is 0 Å². The van der Waals surface area contributed by atoms with Crippen LogP contribution in [0.15, 0.2) is 0 Å². The third kappa shape index (κ3) is 3.07. The van der Waals surface area contributed by atoms with Gasteiger partial charge in [0.1, 0.15) is 0 Å². The summed E-state index contributed by atoms with van der Waals surface area (Å²) < 4.78 is 4.94. The van der Waals surface area contributed by atoms with Crippen molar-refractivity contribution in [3.63, 3.8) is 0 Å². The van der Waals surface area contributed by atoms with Gasteiger partial charge < -0.3 is 19.9 Å². The normalized spacial score (nSPS) is 26.3. The Labute approximate surface area is 132 Å². The number of carbonyl (C=O) groups excluding carboxylic acids is 2. The van der Waals surface area contributed by atoms with Gasteiger partial charge in [-0.25, -0.2) is 4.79 Å². The molecule has 3 amide bonds. The van der Waals surface area contributed by atoms with Crippen LogP contribution in [0, 0.1) is 11.3 Å². The van der Waals surface area contributed by atoms with E-state index < -0.39 is 0 Å². The van der Waals surface area contributed by atoms with Crippen molar-refractivity contribution in [1.29, 1.82) is 0 Å². The first-order chi connectivity index (χ1) is 10.7. The van der Waals surface area contributed by atoms with Crippen LogP contribution in [-0.2, 0) is 9.53 Å². The summed E-state index contributed by atoms with van der Waals surface area (Å²) >= 11 is 0. The second kappa shape index (κ2) is 6.44. The van der Waals surface area contributed by atoms with Gasteiger partial charge in [-0.3, -0.25) is 4.79 Å². The van der Waals surface area contributed by atoms with Crippen molar-refractivity contribution in [2.75, 3.05) is 46.4 Å². The molecule has 1 saturated carbocycles. The summed E-state index contributed by atoms with van der Waals surface area (Å²) in [6.45, 7) is 4.51. The molecule has 1 atom stereocenters. The molecule has 0 radical (unpaired) electrons. The lowest BCUT2D eigenvalue weighted by molar-refractivity contribution is -0.132. The lowest BCUT2D eigenvalue weighted by atomic mass is 9.90. The average Bonchev–Trinajstić information content (AvgIpc) is 2.98. The minimum atomic E-state index is -0.00466. The first kappa shape index (κ1) is 15.6. The van der Waals surface area contributed by atoms with Crippen LogP contribution >= 0.6 is 0 Å². The van der Waals surface area contributed by atoms with E-state index in [0.29, 0.717) is 19.1 Å². The lowest BCUT2D eigenvalue weighted by Gasteiger charge is -2.33. The molecule has 6 nitrogen and oxygen atoms in total. The monoisotopic (exact) mass is 309 g/mol. The Morgan fingerprint density at radius 3 is 2.45 bits per heavy atom. The number of likely N-dealkylation sites (tertiary alicyclic amines) is 2. The average molecular weight is 309 g/mol. The van der Waals surface area contributed by atoms with Gasteiger partial charge in [-0.15, -0.1) is 0 Å². The van der Waals surface area contributed by atoms with Gasteiger partial charge in [-0.05, 0) is 37.5 Å². The van der Waals surface area contributed by atoms with Crippen molar-refractivity contribution >= 4 is 11.9 Å². The predicted molar refractivity (Wildman–Crippen MR) is 82.4 cm³/mol. The van der Waals surface area contributed by atoms with Crippen LogP contribution in [-0.4, -0.2) is 68.2 Å². The Balaban J connectivity index is 1.44. The molecule has 2 aliphatic heterocycles. The van der Waals surface area contributed by atoms with Crippen molar-refractivity contribution < 1.29 is 14.3 Å². The lowest BCUT2D eigenvalue weighted by Crippen LogP contribution is -2.46. The summed E-state index contributed by atoms with van der Waals surface area (Å²) in [6, 6.07) is -0.00466. The van der Waals surface area contributed by atoms with E-state index in [0.717, 1.165) is 58.3 Å². The molecule has 1 N–H and O–H groups in total. The van der Waals surface area contributed by atoms with Gasteiger partial charge in [0, 0.05) is 45.8 Å². The molecule has 2 heterocycles. The first-order valence-electron chi connectivity index (χ1n) is 8.47. The fraction of sp³-hybridized carbons (Fsp3) is 0.875. The maximum absolute atomic E-state index is 12.5. The van der Waals surface area contributed by atoms with E-state index in [9.17, 15) is 9.59 Å². The van der Waals surface area contributed by atoms with Gasteiger partial charge in [0.25, 0.3) is 0 Å². The molecule has 0 aromatic heterocycles. The van der Waals surface area contributed by atoms with Crippen molar-refractivity contribution in [2.45, 2.75) is 32.1 Å². The molecule has 0 bridgehead atoms. The van der Waals surface area contributed by atoms with Gasteiger partial charge in [-0.2, -0.15) is 0 Å². The van der Waals surface area contributed by atoms with Gasteiger partial charge in [0.05, 0.1) is 6.61 Å². The highest BCUT2D eigenvalue weighted by atomic mass is 16.5. The third-order valence-corrected chi connectivity index (χ3v) is 5.53. The van der Waals surface area contributed by atoms with Crippen molar-refractivity contribution in [3.8, 4) is 0 Å². The van der Waals surface area contributed by atoms with Crippen LogP contribution < -0.4 is 5.32 Å². The van der Waals surface area contributed by atoms with Crippen LogP contribution in [0.2, 0.25) is 0 Å². The smallest absolute Gasteiger partial charge is 0.317 e. The number of nitrogens with one attached hydrogen (secondary N) is 1. The molecule has 1 unspecified atom stereocenters. The number of nitrogens with zero attached hydrogens (tertiary/aromatic N) is 2. The molecule has 0 aromatic rings. The zero-order valence-corrected chi connectivity index (χ0v) is 13.5. The number of ether oxygens (including phenoxy) is 1. The van der Waals surface area contributed by atoms with Crippen LogP contribution in [0.3, 0.4) is 0 Å². The fourth-order valence-corrected chi connectivity index (χ4v) is 3.93. The predicted octanol–water partition coefficient (Wildman–Crippen LogP) is 1.07. The van der Waals surface area contributed by atoms with Crippen molar-refractivity contribution in [3.05, 3.63) is 0 Å². The largest absolute Gasteiger partial charge is 0.383 e. The van der Waals surface area contributed by atoms with E-state index in [1.54, 1.807) is 7.11 Å². The number of piperidine rings is 1. The van der Waals surface area contributed by atoms with Gasteiger partial charge >= 0.3 is 6.03 Å². The molecule has 3 rings (SSSR count). The quantitative estimate of drug-likeness (QED) is 0.790. The molecule has 1 spiro atoms. The number of carbonyl (C=O) groups is 2. The Morgan fingerprint density at radius 2 is 1.82 bits per heavy atom. The zero-order chi connectivity index (χ0) is 15.6. The summed E-state index contributed by atoms with van der Waals surface area (Å²) in [7, 11) is 1.63. The molecule has 0 aromatic carbocycles. The molecular weight excluding hydrogens is 282 g/mol. The summed E-state index contributed by atoms with van der Waals surface area (Å²) in [5, 5.41) is 2.87. The molecule has 1 aliphatic carbocycles. The van der Waals surface area contributed by atoms with E-state index in [2.05, 4.69) is 5.32 Å². The van der Waals surface area contributed by atoms with Gasteiger partial charge in [-0.1, -0.05) is 0 Å². The van der Waals surface area contributed by atoms with Gasteiger partial charge in [0.15, 0.2) is 0 Å². The summed E-state index contributed by atoms with van der Waals surface area (Å²) in [5.41, 5.74) is 0.197. The Hall–Kier alpha value is -1.30. The molecule has 6 heteroatoms. The highest BCUT2D eigenvalue weighted by Gasteiger charge is 2.59. The Bertz CT molecular complexity index is 426. The number of urea groups is 1. The Morgan fingerprint density at radius 1 is 1.14 bits per heavy atom. The van der Waals surface area contributed by atoms with E-state index in [1.165, 1.54) is 0 Å². The topological polar surface area (TPSA) is 61.9 Å². The molecule has 22 heavy (non-hydrogen) atoms. The van der Waals surface area contributed by atoms with Gasteiger partial charge in [0.2, 0.25) is 5.91 Å². The van der Waals surface area contributed by atoms with E-state index in [4.69, 9.17) is 4.74 Å². The molecule has 124 valence electrons.